The Kier molecular flexibility index (Phi) is 6.32. The molecule has 0 unspecified atom stereocenters. The van der Waals surface area contributed by atoms with E-state index in [1.165, 1.54) is 0 Å². The molecule has 2 N–H and O–H groups in total. The Bertz CT molecular complexity index is 588. The first-order chi connectivity index (χ1) is 9.17. The van der Waals surface area contributed by atoms with Crippen LogP contribution in [0.4, 0.5) is 0 Å². The quantitative estimate of drug-likeness (QED) is 0.496. The molecule has 0 aliphatic rings. The highest BCUT2D eigenvalue weighted by Gasteiger charge is 2.10. The molecule has 0 spiro atoms. The van der Waals surface area contributed by atoms with E-state index < -0.39 is 0 Å². The van der Waals surface area contributed by atoms with E-state index in [1.807, 2.05) is 23.1 Å². The van der Waals surface area contributed by atoms with Crippen molar-refractivity contribution in [3.8, 4) is 0 Å². The van der Waals surface area contributed by atoms with Crippen LogP contribution in [0, 0.1) is 6.92 Å². The average molecular weight is 387 g/mol. The monoisotopic (exact) mass is 387 g/mol. The van der Waals surface area contributed by atoms with Crippen molar-refractivity contribution in [3.05, 3.63) is 35.6 Å². The Hall–Kier alpha value is -1.24. The van der Waals surface area contributed by atoms with Gasteiger partial charge in [-0.2, -0.15) is 0 Å². The van der Waals surface area contributed by atoms with E-state index in [1.54, 1.807) is 0 Å². The lowest BCUT2D eigenvalue weighted by molar-refractivity contribution is 0.455. The topological polar surface area (TPSA) is 54.8 Å². The first-order valence-corrected chi connectivity index (χ1v) is 6.69. The summed E-state index contributed by atoms with van der Waals surface area (Å²) in [5.41, 5.74) is 8.02. The van der Waals surface area contributed by atoms with Crippen LogP contribution in [0.5, 0.6) is 0 Å². The van der Waals surface area contributed by atoms with Gasteiger partial charge in [-0.25, -0.2) is 4.99 Å². The summed E-state index contributed by atoms with van der Waals surface area (Å²) >= 11 is 0. The Labute approximate surface area is 137 Å². The Morgan fingerprint density at radius 1 is 1.25 bits per heavy atom. The van der Waals surface area contributed by atoms with Crippen molar-refractivity contribution in [1.29, 1.82) is 0 Å². The summed E-state index contributed by atoms with van der Waals surface area (Å²) in [6.07, 6.45) is 0. The van der Waals surface area contributed by atoms with Crippen molar-refractivity contribution in [1.82, 2.24) is 4.90 Å². The van der Waals surface area contributed by atoms with Crippen LogP contribution in [0.25, 0.3) is 11.0 Å². The maximum atomic E-state index is 5.97. The van der Waals surface area contributed by atoms with Gasteiger partial charge in [0.2, 0.25) is 0 Å². The Balaban J connectivity index is 0.00000200. The van der Waals surface area contributed by atoms with Gasteiger partial charge in [0, 0.05) is 24.0 Å². The number of guanidine groups is 1. The molecule has 2 rings (SSSR count). The van der Waals surface area contributed by atoms with Crippen molar-refractivity contribution < 1.29 is 4.42 Å². The second kappa shape index (κ2) is 7.52. The molecule has 0 atom stereocenters. The molecule has 20 heavy (non-hydrogen) atoms. The summed E-state index contributed by atoms with van der Waals surface area (Å²) in [5, 5.41) is 1.15. The van der Waals surface area contributed by atoms with Crippen molar-refractivity contribution in [2.45, 2.75) is 27.3 Å². The van der Waals surface area contributed by atoms with E-state index in [9.17, 15) is 0 Å². The molecular weight excluding hydrogens is 365 g/mol. The van der Waals surface area contributed by atoms with Gasteiger partial charge in [0.1, 0.15) is 17.9 Å². The number of hydrogen-bond donors (Lipinski definition) is 1. The Morgan fingerprint density at radius 2 is 1.90 bits per heavy atom. The standard InChI is InChI=1S/C15H21N3O.HI/c1-4-18(5-2)15(16)17-10-14-11(3)12-8-6-7-9-13(12)19-14;/h6-9H,4-5,10H2,1-3H3,(H2,16,17);1H. The van der Waals surface area contributed by atoms with Crippen molar-refractivity contribution in [2.75, 3.05) is 13.1 Å². The molecule has 0 saturated heterocycles. The third kappa shape index (κ3) is 3.45. The number of para-hydroxylation sites is 1. The van der Waals surface area contributed by atoms with Gasteiger partial charge in [0.25, 0.3) is 0 Å². The summed E-state index contributed by atoms with van der Waals surface area (Å²) in [6.45, 7) is 8.42. The van der Waals surface area contributed by atoms with E-state index in [0.29, 0.717) is 12.5 Å². The fourth-order valence-corrected chi connectivity index (χ4v) is 2.18. The van der Waals surface area contributed by atoms with Gasteiger partial charge in [-0.15, -0.1) is 24.0 Å². The zero-order chi connectivity index (χ0) is 13.8. The van der Waals surface area contributed by atoms with Gasteiger partial charge in [-0.05, 0) is 26.8 Å². The maximum Gasteiger partial charge on any atom is 0.191 e. The summed E-state index contributed by atoms with van der Waals surface area (Å²) in [6, 6.07) is 8.03. The van der Waals surface area contributed by atoms with Gasteiger partial charge in [0.15, 0.2) is 5.96 Å². The largest absolute Gasteiger partial charge is 0.459 e. The number of aryl methyl sites for hydroxylation is 1. The number of nitrogens with zero attached hydrogens (tertiary/aromatic N) is 2. The zero-order valence-electron chi connectivity index (χ0n) is 12.2. The lowest BCUT2D eigenvalue weighted by atomic mass is 10.1. The molecule has 0 aliphatic heterocycles. The van der Waals surface area contributed by atoms with E-state index in [0.717, 1.165) is 35.4 Å². The molecule has 5 heteroatoms. The number of rotatable bonds is 4. The van der Waals surface area contributed by atoms with Crippen LogP contribution >= 0.6 is 24.0 Å². The van der Waals surface area contributed by atoms with E-state index >= 15 is 0 Å². The van der Waals surface area contributed by atoms with Gasteiger partial charge in [0.05, 0.1) is 0 Å². The molecule has 1 heterocycles. The third-order valence-electron chi connectivity index (χ3n) is 3.41. The lowest BCUT2D eigenvalue weighted by Gasteiger charge is -2.19. The molecule has 1 aromatic carbocycles. The van der Waals surface area contributed by atoms with Crippen LogP contribution in [-0.2, 0) is 6.54 Å². The van der Waals surface area contributed by atoms with Crippen molar-refractivity contribution in [3.63, 3.8) is 0 Å². The minimum absolute atomic E-state index is 0. The number of benzene rings is 1. The molecule has 0 fully saturated rings. The van der Waals surface area contributed by atoms with Crippen LogP contribution in [0.1, 0.15) is 25.2 Å². The molecule has 0 aliphatic carbocycles. The normalized spacial score (nSPS) is 11.4. The van der Waals surface area contributed by atoms with Crippen LogP contribution in [-0.4, -0.2) is 23.9 Å². The summed E-state index contributed by atoms with van der Waals surface area (Å²) in [4.78, 5) is 6.44. The molecule has 4 nitrogen and oxygen atoms in total. The highest BCUT2D eigenvalue weighted by molar-refractivity contribution is 14.0. The summed E-state index contributed by atoms with van der Waals surface area (Å²) < 4.78 is 5.82. The highest BCUT2D eigenvalue weighted by Crippen LogP contribution is 2.25. The highest BCUT2D eigenvalue weighted by atomic mass is 127. The number of hydrogen-bond acceptors (Lipinski definition) is 2. The van der Waals surface area contributed by atoms with E-state index in [2.05, 4.69) is 31.8 Å². The molecule has 0 amide bonds. The molecule has 2 aromatic rings. The second-order valence-electron chi connectivity index (χ2n) is 4.49. The SMILES string of the molecule is CCN(CC)C(N)=NCc1oc2ccccc2c1C.I. The average Bonchev–Trinajstić information content (AvgIpc) is 2.75. The van der Waals surface area contributed by atoms with E-state index in [-0.39, 0.29) is 24.0 Å². The number of fused-ring (bicyclic) bond motifs is 1. The lowest BCUT2D eigenvalue weighted by Crippen LogP contribution is -2.37. The summed E-state index contributed by atoms with van der Waals surface area (Å²) in [7, 11) is 0. The minimum Gasteiger partial charge on any atom is -0.459 e. The molecule has 0 bridgehead atoms. The zero-order valence-corrected chi connectivity index (χ0v) is 14.5. The van der Waals surface area contributed by atoms with Crippen LogP contribution < -0.4 is 5.73 Å². The molecule has 0 saturated carbocycles. The predicted molar refractivity (Wildman–Crippen MR) is 94.6 cm³/mol. The Morgan fingerprint density at radius 3 is 2.50 bits per heavy atom. The minimum atomic E-state index is 0. The molecule has 0 radical (unpaired) electrons. The number of furan rings is 1. The van der Waals surface area contributed by atoms with Crippen molar-refractivity contribution in [2.24, 2.45) is 10.7 Å². The van der Waals surface area contributed by atoms with Crippen LogP contribution in [0.2, 0.25) is 0 Å². The number of nitrogens with two attached hydrogens (primary N) is 1. The van der Waals surface area contributed by atoms with Gasteiger partial charge in [-0.1, -0.05) is 18.2 Å². The first kappa shape index (κ1) is 16.8. The van der Waals surface area contributed by atoms with Gasteiger partial charge in [-0.3, -0.25) is 0 Å². The molecule has 1 aromatic heterocycles. The molecular formula is C15H22IN3O. The smallest absolute Gasteiger partial charge is 0.191 e. The van der Waals surface area contributed by atoms with E-state index in [4.69, 9.17) is 10.2 Å². The second-order valence-corrected chi connectivity index (χ2v) is 4.49. The first-order valence-electron chi connectivity index (χ1n) is 6.69. The predicted octanol–water partition coefficient (Wildman–Crippen LogP) is 3.52. The number of halogens is 1. The van der Waals surface area contributed by atoms with Crippen LogP contribution in [0.3, 0.4) is 0 Å². The molecule has 110 valence electrons. The third-order valence-corrected chi connectivity index (χ3v) is 3.41. The fraction of sp³-hybridized carbons (Fsp3) is 0.400. The van der Waals surface area contributed by atoms with Gasteiger partial charge >= 0.3 is 0 Å². The maximum absolute atomic E-state index is 5.97. The van der Waals surface area contributed by atoms with Crippen LogP contribution in [0.15, 0.2) is 33.7 Å². The van der Waals surface area contributed by atoms with Crippen molar-refractivity contribution >= 4 is 40.9 Å². The van der Waals surface area contributed by atoms with Gasteiger partial charge < -0.3 is 15.1 Å². The fourth-order valence-electron chi connectivity index (χ4n) is 2.18. The summed E-state index contributed by atoms with van der Waals surface area (Å²) in [5.74, 6) is 1.46. The number of aliphatic imine (C=N–C) groups is 1.